The molecule has 0 atom stereocenters. The average Bonchev–Trinajstić information content (AvgIpc) is 3.10. The van der Waals surface area contributed by atoms with E-state index in [9.17, 15) is 17.6 Å². The molecule has 110 valence electrons. The van der Waals surface area contributed by atoms with Gasteiger partial charge in [0.15, 0.2) is 9.84 Å². The highest BCUT2D eigenvalue weighted by atomic mass is 32.2. The van der Waals surface area contributed by atoms with E-state index >= 15 is 0 Å². The Morgan fingerprint density at radius 2 is 2.00 bits per heavy atom. The monoisotopic (exact) mass is 300 g/mol. The first-order valence-electron chi connectivity index (χ1n) is 6.40. The molecular weight excluding hydrogens is 283 g/mol. The molecule has 0 radical (unpaired) electrons. The molecule has 0 bridgehead atoms. The van der Waals surface area contributed by atoms with E-state index in [0.29, 0.717) is 18.4 Å². The van der Waals surface area contributed by atoms with Gasteiger partial charge in [-0.15, -0.1) is 0 Å². The standard InChI is InChI=1S/C14H17FO4S/c1-14(2,8-13(16)17)9-3-6-12(11(15)7-9)20(18,19)10-4-5-10/h3,6-7,10H,4-5,8H2,1-2H3,(H,16,17). The van der Waals surface area contributed by atoms with E-state index in [2.05, 4.69) is 0 Å². The van der Waals surface area contributed by atoms with Gasteiger partial charge in [-0.25, -0.2) is 12.8 Å². The summed E-state index contributed by atoms with van der Waals surface area (Å²) in [5.74, 6) is -1.78. The molecule has 0 amide bonds. The van der Waals surface area contributed by atoms with Crippen molar-refractivity contribution in [2.75, 3.05) is 0 Å². The van der Waals surface area contributed by atoms with Crippen molar-refractivity contribution < 1.29 is 22.7 Å². The maximum absolute atomic E-state index is 14.1. The number of benzene rings is 1. The zero-order chi connectivity index (χ0) is 15.1. The van der Waals surface area contributed by atoms with Crippen molar-refractivity contribution in [1.82, 2.24) is 0 Å². The van der Waals surface area contributed by atoms with Crippen LogP contribution in [-0.4, -0.2) is 24.7 Å². The van der Waals surface area contributed by atoms with E-state index in [0.717, 1.165) is 6.07 Å². The second-order valence-electron chi connectivity index (χ2n) is 5.84. The Balaban J connectivity index is 2.37. The van der Waals surface area contributed by atoms with Gasteiger partial charge >= 0.3 is 5.97 Å². The van der Waals surface area contributed by atoms with Crippen molar-refractivity contribution >= 4 is 15.8 Å². The Bertz CT molecular complexity index is 645. The Hall–Kier alpha value is -1.43. The van der Waals surface area contributed by atoms with Gasteiger partial charge in [0.2, 0.25) is 0 Å². The highest BCUT2D eigenvalue weighted by molar-refractivity contribution is 7.92. The van der Waals surface area contributed by atoms with Gasteiger partial charge in [0.05, 0.1) is 11.7 Å². The zero-order valence-corrected chi connectivity index (χ0v) is 12.2. The molecule has 1 aliphatic rings. The summed E-state index contributed by atoms with van der Waals surface area (Å²) < 4.78 is 38.1. The van der Waals surface area contributed by atoms with Gasteiger partial charge in [0.1, 0.15) is 10.7 Å². The summed E-state index contributed by atoms with van der Waals surface area (Å²) in [6.07, 6.45) is 1.00. The molecule has 0 aliphatic heterocycles. The first-order chi connectivity index (χ1) is 9.14. The first kappa shape index (κ1) is 15.0. The predicted octanol–water partition coefficient (Wildman–Crippen LogP) is 2.51. The molecule has 4 nitrogen and oxygen atoms in total. The maximum Gasteiger partial charge on any atom is 0.304 e. The van der Waals surface area contributed by atoms with Gasteiger partial charge in [-0.3, -0.25) is 4.79 Å². The molecule has 1 aliphatic carbocycles. The number of halogens is 1. The molecule has 20 heavy (non-hydrogen) atoms. The molecule has 1 fully saturated rings. The third kappa shape index (κ3) is 2.85. The second-order valence-corrected chi connectivity index (χ2v) is 8.04. The van der Waals surface area contributed by atoms with Gasteiger partial charge in [-0.1, -0.05) is 19.9 Å². The van der Waals surface area contributed by atoms with E-state index in [-0.39, 0.29) is 11.3 Å². The maximum atomic E-state index is 14.1. The van der Waals surface area contributed by atoms with Crippen LogP contribution < -0.4 is 0 Å². The van der Waals surface area contributed by atoms with Crippen LogP contribution in [0.4, 0.5) is 4.39 Å². The molecule has 0 heterocycles. The van der Waals surface area contributed by atoms with E-state index in [1.54, 1.807) is 13.8 Å². The predicted molar refractivity (Wildman–Crippen MR) is 71.9 cm³/mol. The summed E-state index contributed by atoms with van der Waals surface area (Å²) in [5.41, 5.74) is -0.277. The molecule has 0 spiro atoms. The number of hydrogen-bond donors (Lipinski definition) is 1. The molecule has 6 heteroatoms. The highest BCUT2D eigenvalue weighted by Crippen LogP contribution is 2.36. The number of sulfone groups is 1. The molecule has 0 aromatic heterocycles. The van der Waals surface area contributed by atoms with Gasteiger partial charge in [-0.2, -0.15) is 0 Å². The number of carboxylic acid groups (broad SMARTS) is 1. The first-order valence-corrected chi connectivity index (χ1v) is 7.95. The summed E-state index contributed by atoms with van der Waals surface area (Å²) >= 11 is 0. The van der Waals surface area contributed by atoms with E-state index in [1.165, 1.54) is 12.1 Å². The lowest BCUT2D eigenvalue weighted by atomic mass is 9.81. The van der Waals surface area contributed by atoms with Crippen LogP contribution in [0.5, 0.6) is 0 Å². The number of rotatable bonds is 5. The molecular formula is C14H17FO4S. The largest absolute Gasteiger partial charge is 0.481 e. The number of carboxylic acids is 1. The minimum absolute atomic E-state index is 0.152. The Kier molecular flexibility index (Phi) is 3.62. The lowest BCUT2D eigenvalue weighted by molar-refractivity contribution is -0.138. The van der Waals surface area contributed by atoms with Crippen molar-refractivity contribution in [1.29, 1.82) is 0 Å². The van der Waals surface area contributed by atoms with Crippen LogP contribution in [0.15, 0.2) is 23.1 Å². The summed E-state index contributed by atoms with van der Waals surface area (Å²) in [6.45, 7) is 3.37. The van der Waals surface area contributed by atoms with Gasteiger partial charge in [0.25, 0.3) is 0 Å². The van der Waals surface area contributed by atoms with Crippen LogP contribution in [0.2, 0.25) is 0 Å². The molecule has 2 rings (SSSR count). The SMILES string of the molecule is CC(C)(CC(=O)O)c1ccc(S(=O)(=O)C2CC2)c(F)c1. The fourth-order valence-corrected chi connectivity index (χ4v) is 3.89. The third-order valence-corrected chi connectivity index (χ3v) is 5.87. The van der Waals surface area contributed by atoms with Crippen LogP contribution >= 0.6 is 0 Å². The molecule has 1 aromatic carbocycles. The molecule has 0 saturated heterocycles. The fourth-order valence-electron chi connectivity index (χ4n) is 2.19. The highest BCUT2D eigenvalue weighted by Gasteiger charge is 2.38. The van der Waals surface area contributed by atoms with Crippen molar-refractivity contribution in [2.24, 2.45) is 0 Å². The minimum atomic E-state index is -3.57. The van der Waals surface area contributed by atoms with Crippen LogP contribution in [0.25, 0.3) is 0 Å². The smallest absolute Gasteiger partial charge is 0.304 e. The van der Waals surface area contributed by atoms with E-state index in [1.807, 2.05) is 0 Å². The van der Waals surface area contributed by atoms with Crippen LogP contribution in [-0.2, 0) is 20.0 Å². The Labute approximate surface area is 117 Å². The average molecular weight is 300 g/mol. The topological polar surface area (TPSA) is 71.4 Å². The van der Waals surface area contributed by atoms with Crippen LogP contribution in [0, 0.1) is 5.82 Å². The van der Waals surface area contributed by atoms with Crippen LogP contribution in [0.1, 0.15) is 38.7 Å². The Morgan fingerprint density at radius 3 is 2.45 bits per heavy atom. The van der Waals surface area contributed by atoms with Crippen molar-refractivity contribution in [3.8, 4) is 0 Å². The summed E-state index contributed by atoms with van der Waals surface area (Å²) in [6, 6.07) is 3.89. The third-order valence-electron chi connectivity index (χ3n) is 3.58. The summed E-state index contributed by atoms with van der Waals surface area (Å²) in [5, 5.41) is 8.39. The summed E-state index contributed by atoms with van der Waals surface area (Å²) in [7, 11) is -3.57. The van der Waals surface area contributed by atoms with Crippen molar-refractivity contribution in [2.45, 2.75) is 48.7 Å². The number of carbonyl (C=O) groups is 1. The van der Waals surface area contributed by atoms with Crippen LogP contribution in [0.3, 0.4) is 0 Å². The molecule has 0 unspecified atom stereocenters. The zero-order valence-electron chi connectivity index (χ0n) is 11.4. The summed E-state index contributed by atoms with van der Waals surface area (Å²) in [4.78, 5) is 10.5. The molecule has 1 N–H and O–H groups in total. The van der Waals surface area contributed by atoms with Crippen molar-refractivity contribution in [3.63, 3.8) is 0 Å². The van der Waals surface area contributed by atoms with Crippen molar-refractivity contribution in [3.05, 3.63) is 29.6 Å². The molecule has 1 aromatic rings. The minimum Gasteiger partial charge on any atom is -0.481 e. The Morgan fingerprint density at radius 1 is 1.40 bits per heavy atom. The van der Waals surface area contributed by atoms with Gasteiger partial charge in [0, 0.05) is 5.41 Å². The normalized spacial score (nSPS) is 16.1. The van der Waals surface area contributed by atoms with Gasteiger partial charge < -0.3 is 5.11 Å². The quantitative estimate of drug-likeness (QED) is 0.907. The lowest BCUT2D eigenvalue weighted by Gasteiger charge is -2.23. The van der Waals surface area contributed by atoms with E-state index in [4.69, 9.17) is 5.11 Å². The molecule has 1 saturated carbocycles. The van der Waals surface area contributed by atoms with E-state index < -0.39 is 32.3 Å². The number of hydrogen-bond acceptors (Lipinski definition) is 3. The van der Waals surface area contributed by atoms with Gasteiger partial charge in [-0.05, 0) is 30.5 Å². The lowest BCUT2D eigenvalue weighted by Crippen LogP contribution is -2.22. The second kappa shape index (κ2) is 4.84. The number of aliphatic carboxylic acids is 1. The fraction of sp³-hybridized carbons (Fsp3) is 0.500.